The summed E-state index contributed by atoms with van der Waals surface area (Å²) >= 11 is 5.87. The molecule has 17 heavy (non-hydrogen) atoms. The molecule has 0 radical (unpaired) electrons. The Kier molecular flexibility index (Phi) is 2.64. The van der Waals surface area contributed by atoms with Crippen molar-refractivity contribution in [2.45, 2.75) is 25.5 Å². The van der Waals surface area contributed by atoms with E-state index in [9.17, 15) is 0 Å². The summed E-state index contributed by atoms with van der Waals surface area (Å²) in [6, 6.07) is 1.77. The Balaban J connectivity index is 1.99. The van der Waals surface area contributed by atoms with Crippen molar-refractivity contribution in [2.75, 3.05) is 12.3 Å². The van der Waals surface area contributed by atoms with E-state index in [2.05, 4.69) is 9.97 Å². The van der Waals surface area contributed by atoms with Crippen molar-refractivity contribution in [1.82, 2.24) is 14.5 Å². The Morgan fingerprint density at radius 3 is 3.24 bits per heavy atom. The standard InChI is InChI=1S/C11H13ClN4O/c12-7-4-9-10(14-5-7)16(11(13)15-9)6-8-2-1-3-17-8/h4-5,8H,1-3,6H2,(H2,13,15). The molecule has 1 fully saturated rings. The Bertz CT molecular complexity index is 548. The van der Waals surface area contributed by atoms with E-state index >= 15 is 0 Å². The summed E-state index contributed by atoms with van der Waals surface area (Å²) in [7, 11) is 0. The molecule has 90 valence electrons. The van der Waals surface area contributed by atoms with Crippen LogP contribution in [0.4, 0.5) is 5.95 Å². The highest BCUT2D eigenvalue weighted by molar-refractivity contribution is 6.31. The molecule has 6 heteroatoms. The van der Waals surface area contributed by atoms with E-state index in [1.807, 2.05) is 4.57 Å². The topological polar surface area (TPSA) is 66.0 Å². The number of rotatable bonds is 2. The van der Waals surface area contributed by atoms with Gasteiger partial charge in [-0.2, -0.15) is 0 Å². The zero-order chi connectivity index (χ0) is 11.8. The molecule has 1 aliphatic heterocycles. The van der Waals surface area contributed by atoms with Crippen LogP contribution in [0.15, 0.2) is 12.3 Å². The summed E-state index contributed by atoms with van der Waals surface area (Å²) in [6.45, 7) is 1.54. The molecule has 2 aromatic rings. The second kappa shape index (κ2) is 4.16. The first-order valence-corrected chi connectivity index (χ1v) is 6.00. The van der Waals surface area contributed by atoms with Gasteiger partial charge in [-0.15, -0.1) is 0 Å². The molecule has 1 atom stereocenters. The van der Waals surface area contributed by atoms with Gasteiger partial charge in [0.05, 0.1) is 17.7 Å². The predicted octanol–water partition coefficient (Wildman–Crippen LogP) is 1.85. The first kappa shape index (κ1) is 10.8. The predicted molar refractivity (Wildman–Crippen MR) is 65.9 cm³/mol. The smallest absolute Gasteiger partial charge is 0.202 e. The molecule has 0 aliphatic carbocycles. The van der Waals surface area contributed by atoms with Crippen molar-refractivity contribution in [2.24, 2.45) is 0 Å². The van der Waals surface area contributed by atoms with Gasteiger partial charge >= 0.3 is 0 Å². The van der Waals surface area contributed by atoms with Gasteiger partial charge in [-0.3, -0.25) is 4.57 Å². The maximum Gasteiger partial charge on any atom is 0.202 e. The van der Waals surface area contributed by atoms with Crippen molar-refractivity contribution >= 4 is 28.7 Å². The van der Waals surface area contributed by atoms with Crippen LogP contribution < -0.4 is 5.73 Å². The highest BCUT2D eigenvalue weighted by Crippen LogP contribution is 2.22. The van der Waals surface area contributed by atoms with Crippen molar-refractivity contribution in [1.29, 1.82) is 0 Å². The molecular weight excluding hydrogens is 240 g/mol. The summed E-state index contributed by atoms with van der Waals surface area (Å²) in [5.41, 5.74) is 7.39. The largest absolute Gasteiger partial charge is 0.376 e. The van der Waals surface area contributed by atoms with Crippen LogP contribution >= 0.6 is 11.6 Å². The number of hydrogen-bond acceptors (Lipinski definition) is 4. The highest BCUT2D eigenvalue weighted by atomic mass is 35.5. The van der Waals surface area contributed by atoms with E-state index in [1.54, 1.807) is 12.3 Å². The number of fused-ring (bicyclic) bond motifs is 1. The van der Waals surface area contributed by atoms with E-state index in [0.717, 1.165) is 30.6 Å². The van der Waals surface area contributed by atoms with Gasteiger partial charge in [-0.1, -0.05) is 11.6 Å². The van der Waals surface area contributed by atoms with Gasteiger partial charge in [0.25, 0.3) is 0 Å². The first-order chi connectivity index (χ1) is 8.24. The summed E-state index contributed by atoms with van der Waals surface area (Å²) in [6.07, 6.45) is 3.99. The van der Waals surface area contributed by atoms with Gasteiger partial charge in [0.15, 0.2) is 5.65 Å². The van der Waals surface area contributed by atoms with Gasteiger partial charge in [0.1, 0.15) is 5.52 Å². The molecule has 5 nitrogen and oxygen atoms in total. The molecule has 0 spiro atoms. The van der Waals surface area contributed by atoms with E-state index in [4.69, 9.17) is 22.1 Å². The minimum absolute atomic E-state index is 0.215. The second-order valence-corrected chi connectivity index (χ2v) is 4.65. The van der Waals surface area contributed by atoms with Crippen molar-refractivity contribution < 1.29 is 4.74 Å². The molecule has 0 bridgehead atoms. The molecule has 0 amide bonds. The lowest BCUT2D eigenvalue weighted by Gasteiger charge is -2.11. The molecule has 3 rings (SSSR count). The van der Waals surface area contributed by atoms with Crippen LogP contribution in [0.5, 0.6) is 0 Å². The quantitative estimate of drug-likeness (QED) is 0.886. The first-order valence-electron chi connectivity index (χ1n) is 5.63. The van der Waals surface area contributed by atoms with Crippen LogP contribution in [-0.2, 0) is 11.3 Å². The number of halogens is 1. The average Bonchev–Trinajstić information content (AvgIpc) is 2.88. The molecule has 2 aromatic heterocycles. The molecule has 3 heterocycles. The van der Waals surface area contributed by atoms with Crippen LogP contribution in [0.3, 0.4) is 0 Å². The van der Waals surface area contributed by atoms with Crippen LogP contribution in [0.2, 0.25) is 5.02 Å². The van der Waals surface area contributed by atoms with Gasteiger partial charge in [-0.05, 0) is 18.9 Å². The Labute approximate surface area is 104 Å². The van der Waals surface area contributed by atoms with Crippen molar-refractivity contribution in [3.8, 4) is 0 Å². The second-order valence-electron chi connectivity index (χ2n) is 4.21. The summed E-state index contributed by atoms with van der Waals surface area (Å²) in [5, 5.41) is 0.569. The maximum absolute atomic E-state index is 5.89. The third-order valence-corrected chi connectivity index (χ3v) is 3.20. The normalized spacial score (nSPS) is 20.2. The number of nitrogens with zero attached hydrogens (tertiary/aromatic N) is 3. The Morgan fingerprint density at radius 2 is 2.47 bits per heavy atom. The number of aromatic nitrogens is 3. The number of hydrogen-bond donors (Lipinski definition) is 1. The summed E-state index contributed by atoms with van der Waals surface area (Å²) in [5.74, 6) is 0.463. The lowest BCUT2D eigenvalue weighted by Crippen LogP contribution is -2.16. The Hall–Kier alpha value is -1.33. The minimum Gasteiger partial charge on any atom is -0.376 e. The molecule has 0 saturated carbocycles. The average molecular weight is 253 g/mol. The zero-order valence-corrected chi connectivity index (χ0v) is 10.0. The number of imidazole rings is 1. The van der Waals surface area contributed by atoms with Crippen molar-refractivity contribution in [3.05, 3.63) is 17.3 Å². The van der Waals surface area contributed by atoms with Gasteiger partial charge in [-0.25, -0.2) is 9.97 Å². The Morgan fingerprint density at radius 1 is 1.59 bits per heavy atom. The number of anilines is 1. The van der Waals surface area contributed by atoms with Gasteiger partial charge < -0.3 is 10.5 Å². The van der Waals surface area contributed by atoms with Gasteiger partial charge in [0, 0.05) is 12.8 Å². The fraction of sp³-hybridized carbons (Fsp3) is 0.455. The van der Waals surface area contributed by atoms with E-state index < -0.39 is 0 Å². The minimum atomic E-state index is 0.215. The third kappa shape index (κ3) is 1.96. The SMILES string of the molecule is Nc1nc2cc(Cl)cnc2n1CC1CCCO1. The van der Waals surface area contributed by atoms with E-state index in [-0.39, 0.29) is 6.10 Å². The molecule has 1 saturated heterocycles. The summed E-state index contributed by atoms with van der Waals surface area (Å²) < 4.78 is 7.49. The van der Waals surface area contributed by atoms with E-state index in [1.165, 1.54) is 0 Å². The maximum atomic E-state index is 5.89. The number of pyridine rings is 1. The molecule has 2 N–H and O–H groups in total. The van der Waals surface area contributed by atoms with Crippen LogP contribution in [0, 0.1) is 0 Å². The zero-order valence-electron chi connectivity index (χ0n) is 9.27. The van der Waals surface area contributed by atoms with E-state index in [0.29, 0.717) is 17.5 Å². The van der Waals surface area contributed by atoms with Crippen molar-refractivity contribution in [3.63, 3.8) is 0 Å². The monoisotopic (exact) mass is 252 g/mol. The fourth-order valence-electron chi connectivity index (χ4n) is 2.18. The summed E-state index contributed by atoms with van der Waals surface area (Å²) in [4.78, 5) is 8.53. The number of nitrogen functional groups attached to an aromatic ring is 1. The lowest BCUT2D eigenvalue weighted by atomic mass is 10.2. The highest BCUT2D eigenvalue weighted by Gasteiger charge is 2.19. The third-order valence-electron chi connectivity index (χ3n) is 2.99. The molecule has 1 aliphatic rings. The fourth-order valence-corrected chi connectivity index (χ4v) is 2.33. The lowest BCUT2D eigenvalue weighted by molar-refractivity contribution is 0.0982. The number of ether oxygens (including phenoxy) is 1. The van der Waals surface area contributed by atoms with Crippen LogP contribution in [0.25, 0.3) is 11.2 Å². The molecule has 1 unspecified atom stereocenters. The number of nitrogens with two attached hydrogens (primary N) is 1. The van der Waals surface area contributed by atoms with Gasteiger partial charge in [0.2, 0.25) is 5.95 Å². The molecular formula is C11H13ClN4O. The van der Waals surface area contributed by atoms with Crippen LogP contribution in [0.1, 0.15) is 12.8 Å². The van der Waals surface area contributed by atoms with Crippen LogP contribution in [-0.4, -0.2) is 27.2 Å². The molecule has 0 aromatic carbocycles.